The standard InChI is InChI=1S/C18H26N6O4/c1-18(2)4-5-24(14(18)15(19)26)17(28)12(6-10-8-20-9-21-10)23(3)16(27)11-7-13(25)22-11/h8-9,11-12,14H,4-7H2,1-3H3,(H2,19,26)(H,20,21)(H,22,25)/t11-,12-,14?/m0/s1. The molecule has 0 aliphatic carbocycles. The molecule has 28 heavy (non-hydrogen) atoms. The van der Waals surface area contributed by atoms with Crippen LogP contribution in [0.1, 0.15) is 32.4 Å². The molecule has 2 aliphatic rings. The maximum Gasteiger partial charge on any atom is 0.246 e. The lowest BCUT2D eigenvalue weighted by Gasteiger charge is -2.37. The first-order valence-corrected chi connectivity index (χ1v) is 9.25. The van der Waals surface area contributed by atoms with Crippen molar-refractivity contribution in [3.05, 3.63) is 18.2 Å². The van der Waals surface area contributed by atoms with Gasteiger partial charge in [-0.3, -0.25) is 19.2 Å². The number of rotatable bonds is 6. The van der Waals surface area contributed by atoms with Gasteiger partial charge in [0, 0.05) is 31.9 Å². The Kier molecular flexibility index (Phi) is 5.14. The van der Waals surface area contributed by atoms with Crippen molar-refractivity contribution in [2.24, 2.45) is 11.1 Å². The van der Waals surface area contributed by atoms with Gasteiger partial charge in [-0.1, -0.05) is 13.8 Å². The molecule has 0 radical (unpaired) electrons. The van der Waals surface area contributed by atoms with Crippen LogP contribution < -0.4 is 11.1 Å². The fraction of sp³-hybridized carbons (Fsp3) is 0.611. The monoisotopic (exact) mass is 390 g/mol. The maximum atomic E-state index is 13.4. The minimum Gasteiger partial charge on any atom is -0.368 e. The van der Waals surface area contributed by atoms with Gasteiger partial charge in [-0.25, -0.2) is 4.98 Å². The summed E-state index contributed by atoms with van der Waals surface area (Å²) in [5.74, 6) is -1.44. The molecule has 0 bridgehead atoms. The average molecular weight is 390 g/mol. The van der Waals surface area contributed by atoms with E-state index in [-0.39, 0.29) is 30.6 Å². The van der Waals surface area contributed by atoms with Crippen molar-refractivity contribution in [1.82, 2.24) is 25.1 Å². The molecular weight excluding hydrogens is 364 g/mol. The highest BCUT2D eigenvalue weighted by atomic mass is 16.2. The third-order valence-electron chi connectivity index (χ3n) is 5.69. The number of nitrogens with two attached hydrogens (primary N) is 1. The molecule has 1 aromatic heterocycles. The molecule has 152 valence electrons. The van der Waals surface area contributed by atoms with E-state index in [1.54, 1.807) is 6.20 Å². The van der Waals surface area contributed by atoms with Crippen molar-refractivity contribution in [2.75, 3.05) is 13.6 Å². The maximum absolute atomic E-state index is 13.4. The Morgan fingerprint density at radius 2 is 2.11 bits per heavy atom. The second-order valence-corrected chi connectivity index (χ2v) is 8.15. The molecule has 3 heterocycles. The zero-order chi connectivity index (χ0) is 20.6. The molecule has 1 aromatic rings. The molecule has 0 saturated carbocycles. The van der Waals surface area contributed by atoms with E-state index in [0.29, 0.717) is 18.7 Å². The Labute approximate surface area is 162 Å². The smallest absolute Gasteiger partial charge is 0.246 e. The molecule has 1 unspecified atom stereocenters. The Bertz CT molecular complexity index is 782. The highest BCUT2D eigenvalue weighted by Gasteiger charge is 2.48. The molecule has 2 aliphatic heterocycles. The predicted octanol–water partition coefficient (Wildman–Crippen LogP) is -1.22. The van der Waals surface area contributed by atoms with Gasteiger partial charge in [0.15, 0.2) is 0 Å². The fourth-order valence-electron chi connectivity index (χ4n) is 3.97. The van der Waals surface area contributed by atoms with Crippen LogP contribution in [0.25, 0.3) is 0 Å². The minimum atomic E-state index is -0.846. The molecule has 10 nitrogen and oxygen atoms in total. The van der Waals surface area contributed by atoms with Crippen molar-refractivity contribution >= 4 is 23.6 Å². The van der Waals surface area contributed by atoms with Gasteiger partial charge in [-0.15, -0.1) is 0 Å². The number of amides is 4. The molecule has 2 fully saturated rings. The lowest BCUT2D eigenvalue weighted by Crippen LogP contribution is -2.62. The Balaban J connectivity index is 1.85. The van der Waals surface area contributed by atoms with Crippen LogP contribution in [-0.2, 0) is 25.6 Å². The number of hydrogen-bond donors (Lipinski definition) is 3. The van der Waals surface area contributed by atoms with E-state index in [1.165, 1.54) is 23.2 Å². The summed E-state index contributed by atoms with van der Waals surface area (Å²) >= 11 is 0. The number of likely N-dealkylation sites (N-methyl/N-ethyl adjacent to an activating group) is 1. The summed E-state index contributed by atoms with van der Waals surface area (Å²) in [4.78, 5) is 59.1. The van der Waals surface area contributed by atoms with Gasteiger partial charge in [-0.05, 0) is 11.8 Å². The minimum absolute atomic E-state index is 0.106. The topological polar surface area (TPSA) is 141 Å². The van der Waals surface area contributed by atoms with Crippen LogP contribution in [0.3, 0.4) is 0 Å². The average Bonchev–Trinajstić information content (AvgIpc) is 3.21. The molecule has 0 spiro atoms. The number of carbonyl (C=O) groups excluding carboxylic acids is 4. The summed E-state index contributed by atoms with van der Waals surface area (Å²) in [6.07, 6.45) is 4.04. The van der Waals surface area contributed by atoms with E-state index in [9.17, 15) is 19.2 Å². The number of hydrogen-bond acceptors (Lipinski definition) is 5. The van der Waals surface area contributed by atoms with E-state index >= 15 is 0 Å². The van der Waals surface area contributed by atoms with E-state index in [4.69, 9.17) is 5.73 Å². The van der Waals surface area contributed by atoms with Crippen molar-refractivity contribution in [3.8, 4) is 0 Å². The molecule has 2 saturated heterocycles. The van der Waals surface area contributed by atoms with E-state index in [2.05, 4.69) is 15.3 Å². The van der Waals surface area contributed by atoms with Crippen LogP contribution >= 0.6 is 0 Å². The first-order chi connectivity index (χ1) is 13.1. The van der Waals surface area contributed by atoms with Gasteiger partial charge in [0.25, 0.3) is 0 Å². The zero-order valence-electron chi connectivity index (χ0n) is 16.3. The lowest BCUT2D eigenvalue weighted by atomic mass is 9.84. The van der Waals surface area contributed by atoms with Crippen LogP contribution in [-0.4, -0.2) is 75.1 Å². The number of aromatic nitrogens is 2. The van der Waals surface area contributed by atoms with Gasteiger partial charge < -0.3 is 25.8 Å². The van der Waals surface area contributed by atoms with Crippen LogP contribution in [0.15, 0.2) is 12.5 Å². The summed E-state index contributed by atoms with van der Waals surface area (Å²) < 4.78 is 0. The highest BCUT2D eigenvalue weighted by molar-refractivity contribution is 5.99. The summed E-state index contributed by atoms with van der Waals surface area (Å²) in [6, 6.07) is -2.21. The van der Waals surface area contributed by atoms with Gasteiger partial charge in [-0.2, -0.15) is 0 Å². The SMILES string of the molecule is CN(C(=O)[C@@H]1CC(=O)N1)[C@@H](Cc1cnc[nH]1)C(=O)N1CCC(C)(C)C1C(N)=O. The molecule has 3 rings (SSSR count). The summed E-state index contributed by atoms with van der Waals surface area (Å²) in [5, 5.41) is 2.54. The number of aromatic amines is 1. The number of likely N-dealkylation sites (tertiary alicyclic amines) is 1. The van der Waals surface area contributed by atoms with E-state index in [1.807, 2.05) is 13.8 Å². The fourth-order valence-corrected chi connectivity index (χ4v) is 3.97. The number of H-pyrrole nitrogens is 1. The van der Waals surface area contributed by atoms with Crippen molar-refractivity contribution < 1.29 is 19.2 Å². The molecule has 3 atom stereocenters. The Morgan fingerprint density at radius 1 is 1.43 bits per heavy atom. The van der Waals surface area contributed by atoms with Gasteiger partial charge in [0.2, 0.25) is 23.6 Å². The lowest BCUT2D eigenvalue weighted by molar-refractivity contribution is -0.151. The Morgan fingerprint density at radius 3 is 2.64 bits per heavy atom. The van der Waals surface area contributed by atoms with Crippen LogP contribution in [0.5, 0.6) is 0 Å². The summed E-state index contributed by atoms with van der Waals surface area (Å²) in [5.41, 5.74) is 5.84. The van der Waals surface area contributed by atoms with Gasteiger partial charge in [0.1, 0.15) is 18.1 Å². The zero-order valence-corrected chi connectivity index (χ0v) is 16.3. The first kappa shape index (κ1) is 19.8. The predicted molar refractivity (Wildman–Crippen MR) is 98.5 cm³/mol. The summed E-state index contributed by atoms with van der Waals surface area (Å²) in [6.45, 7) is 4.19. The number of imidazole rings is 1. The third kappa shape index (κ3) is 3.58. The Hall–Kier alpha value is -2.91. The second kappa shape index (κ2) is 7.25. The quantitative estimate of drug-likeness (QED) is 0.522. The number of primary amides is 1. The van der Waals surface area contributed by atoms with Gasteiger partial charge >= 0.3 is 0 Å². The largest absolute Gasteiger partial charge is 0.368 e. The first-order valence-electron chi connectivity index (χ1n) is 9.25. The van der Waals surface area contributed by atoms with Crippen molar-refractivity contribution in [2.45, 2.75) is 51.2 Å². The number of carbonyl (C=O) groups is 4. The van der Waals surface area contributed by atoms with E-state index in [0.717, 1.165) is 0 Å². The normalized spacial score (nSPS) is 24.2. The molecular formula is C18H26N6O4. The molecule has 10 heteroatoms. The van der Waals surface area contributed by atoms with Crippen LogP contribution in [0.2, 0.25) is 0 Å². The number of nitrogens with zero attached hydrogens (tertiary/aromatic N) is 3. The molecule has 4 amide bonds. The van der Waals surface area contributed by atoms with Crippen molar-refractivity contribution in [1.29, 1.82) is 0 Å². The number of nitrogens with one attached hydrogen (secondary N) is 2. The van der Waals surface area contributed by atoms with Crippen molar-refractivity contribution in [3.63, 3.8) is 0 Å². The van der Waals surface area contributed by atoms with Gasteiger partial charge in [0.05, 0.1) is 12.7 Å². The highest BCUT2D eigenvalue weighted by Crippen LogP contribution is 2.36. The summed E-state index contributed by atoms with van der Waals surface area (Å²) in [7, 11) is 1.53. The molecule has 0 aromatic carbocycles. The molecule has 4 N–H and O–H groups in total. The van der Waals surface area contributed by atoms with Crippen LogP contribution in [0, 0.1) is 5.41 Å². The van der Waals surface area contributed by atoms with Crippen LogP contribution in [0.4, 0.5) is 0 Å². The van der Waals surface area contributed by atoms with E-state index < -0.39 is 29.4 Å². The number of β-lactam (4-membered cyclic amide) rings is 1. The second-order valence-electron chi connectivity index (χ2n) is 8.15. The third-order valence-corrected chi connectivity index (χ3v) is 5.69.